The van der Waals surface area contributed by atoms with E-state index in [4.69, 9.17) is 0 Å². The van der Waals surface area contributed by atoms with Crippen molar-refractivity contribution in [3.63, 3.8) is 0 Å². The van der Waals surface area contributed by atoms with Crippen LogP contribution in [0.1, 0.15) is 28.8 Å². The van der Waals surface area contributed by atoms with E-state index in [0.717, 1.165) is 49.3 Å². The van der Waals surface area contributed by atoms with E-state index >= 15 is 0 Å². The number of nitro benzene ring substituents is 1. The molecule has 1 aliphatic heterocycles. The molecule has 1 N–H and O–H groups in total. The second-order valence-corrected chi connectivity index (χ2v) is 6.74. The zero-order valence-corrected chi connectivity index (χ0v) is 14.9. The lowest BCUT2D eigenvalue weighted by Crippen LogP contribution is -2.39. The maximum Gasteiger partial charge on any atom is 0.269 e. The number of likely N-dealkylation sites (tertiary alicyclic amines) is 1. The van der Waals surface area contributed by atoms with E-state index in [1.165, 1.54) is 6.07 Å². The van der Waals surface area contributed by atoms with Crippen molar-refractivity contribution in [1.29, 1.82) is 0 Å². The number of nitrogens with one attached hydrogen (secondary N) is 1. The van der Waals surface area contributed by atoms with Crippen molar-refractivity contribution in [1.82, 2.24) is 4.90 Å². The molecule has 1 heterocycles. The second kappa shape index (κ2) is 7.99. The molecule has 1 aliphatic rings. The lowest BCUT2D eigenvalue weighted by molar-refractivity contribution is -0.384. The van der Waals surface area contributed by atoms with Crippen LogP contribution in [0.5, 0.6) is 0 Å². The standard InChI is InChI=1S/C20H23N3O3/c1-15-13-18(23(25)26)7-8-19(15)21-14-16-9-11-22(12-10-16)20(24)17-5-3-2-4-6-17/h2-8,13,16,21H,9-12,14H2,1H3. The van der Waals surface area contributed by atoms with Crippen LogP contribution in [0.4, 0.5) is 11.4 Å². The first kappa shape index (κ1) is 17.9. The highest BCUT2D eigenvalue weighted by molar-refractivity contribution is 5.94. The van der Waals surface area contributed by atoms with Crippen LogP contribution in [0.15, 0.2) is 48.5 Å². The van der Waals surface area contributed by atoms with E-state index in [1.807, 2.05) is 42.2 Å². The van der Waals surface area contributed by atoms with E-state index in [1.54, 1.807) is 12.1 Å². The summed E-state index contributed by atoms with van der Waals surface area (Å²) in [5, 5.41) is 14.2. The minimum absolute atomic E-state index is 0.100. The molecule has 0 bridgehead atoms. The average Bonchev–Trinajstić information content (AvgIpc) is 2.67. The normalized spacial score (nSPS) is 14.9. The molecule has 0 atom stereocenters. The Morgan fingerprint density at radius 1 is 1.19 bits per heavy atom. The summed E-state index contributed by atoms with van der Waals surface area (Å²) in [7, 11) is 0. The van der Waals surface area contributed by atoms with Crippen LogP contribution in [-0.4, -0.2) is 35.4 Å². The lowest BCUT2D eigenvalue weighted by Gasteiger charge is -2.32. The molecule has 0 spiro atoms. The second-order valence-electron chi connectivity index (χ2n) is 6.74. The minimum Gasteiger partial charge on any atom is -0.385 e. The first-order chi connectivity index (χ1) is 12.5. The zero-order valence-electron chi connectivity index (χ0n) is 14.9. The predicted octanol–water partition coefficient (Wildman–Crippen LogP) is 3.87. The molecule has 26 heavy (non-hydrogen) atoms. The third-order valence-corrected chi connectivity index (χ3v) is 4.92. The number of amides is 1. The lowest BCUT2D eigenvalue weighted by atomic mass is 9.96. The topological polar surface area (TPSA) is 75.5 Å². The fourth-order valence-corrected chi connectivity index (χ4v) is 3.32. The molecule has 0 unspecified atom stereocenters. The fraction of sp³-hybridized carbons (Fsp3) is 0.350. The molecule has 3 rings (SSSR count). The Morgan fingerprint density at radius 2 is 1.88 bits per heavy atom. The Hall–Kier alpha value is -2.89. The highest BCUT2D eigenvalue weighted by atomic mass is 16.6. The molecule has 2 aromatic carbocycles. The molecule has 0 aromatic heterocycles. The van der Waals surface area contributed by atoms with Crippen LogP contribution in [0.25, 0.3) is 0 Å². The third kappa shape index (κ3) is 4.20. The van der Waals surface area contributed by atoms with Gasteiger partial charge in [-0.05, 0) is 49.4 Å². The van der Waals surface area contributed by atoms with Crippen LogP contribution in [0.2, 0.25) is 0 Å². The molecular formula is C20H23N3O3. The quantitative estimate of drug-likeness (QED) is 0.654. The van der Waals surface area contributed by atoms with Gasteiger partial charge in [-0.2, -0.15) is 0 Å². The van der Waals surface area contributed by atoms with E-state index in [2.05, 4.69) is 5.32 Å². The number of non-ortho nitro benzene ring substituents is 1. The van der Waals surface area contributed by atoms with Gasteiger partial charge < -0.3 is 10.2 Å². The number of carbonyl (C=O) groups is 1. The summed E-state index contributed by atoms with van der Waals surface area (Å²) in [6.07, 6.45) is 1.91. The van der Waals surface area contributed by atoms with Gasteiger partial charge in [-0.15, -0.1) is 0 Å². The highest BCUT2D eigenvalue weighted by Crippen LogP contribution is 2.24. The van der Waals surface area contributed by atoms with E-state index < -0.39 is 0 Å². The molecule has 6 heteroatoms. The summed E-state index contributed by atoms with van der Waals surface area (Å²) in [6.45, 7) is 4.21. The largest absolute Gasteiger partial charge is 0.385 e. The number of benzene rings is 2. The summed E-state index contributed by atoms with van der Waals surface area (Å²) in [6, 6.07) is 14.3. The number of anilines is 1. The first-order valence-electron chi connectivity index (χ1n) is 8.88. The Labute approximate surface area is 153 Å². The molecular weight excluding hydrogens is 330 g/mol. The molecule has 136 valence electrons. The van der Waals surface area contributed by atoms with Crippen molar-refractivity contribution in [3.8, 4) is 0 Å². The maximum absolute atomic E-state index is 12.5. The number of piperidine rings is 1. The molecule has 6 nitrogen and oxygen atoms in total. The first-order valence-corrected chi connectivity index (χ1v) is 8.88. The predicted molar refractivity (Wildman–Crippen MR) is 101 cm³/mol. The summed E-state index contributed by atoms with van der Waals surface area (Å²) in [4.78, 5) is 24.8. The number of hydrogen-bond donors (Lipinski definition) is 1. The smallest absolute Gasteiger partial charge is 0.269 e. The third-order valence-electron chi connectivity index (χ3n) is 4.92. The van der Waals surface area contributed by atoms with Gasteiger partial charge >= 0.3 is 0 Å². The average molecular weight is 353 g/mol. The molecule has 2 aromatic rings. The van der Waals surface area contributed by atoms with Gasteiger partial charge in [0.2, 0.25) is 0 Å². The van der Waals surface area contributed by atoms with Crippen LogP contribution in [0.3, 0.4) is 0 Å². The summed E-state index contributed by atoms with van der Waals surface area (Å²) < 4.78 is 0. The van der Waals surface area contributed by atoms with Crippen LogP contribution >= 0.6 is 0 Å². The molecule has 1 fully saturated rings. The van der Waals surface area contributed by atoms with E-state index in [0.29, 0.717) is 5.92 Å². The monoisotopic (exact) mass is 353 g/mol. The molecule has 0 aliphatic carbocycles. The van der Waals surface area contributed by atoms with Gasteiger partial charge in [-0.3, -0.25) is 14.9 Å². The van der Waals surface area contributed by atoms with Gasteiger partial charge in [0.25, 0.3) is 11.6 Å². The number of nitrogens with zero attached hydrogens (tertiary/aromatic N) is 2. The summed E-state index contributed by atoms with van der Waals surface area (Å²) in [5.74, 6) is 0.590. The van der Waals surface area contributed by atoms with Crippen molar-refractivity contribution in [2.75, 3.05) is 25.0 Å². The van der Waals surface area contributed by atoms with Crippen molar-refractivity contribution in [2.45, 2.75) is 19.8 Å². The number of carbonyl (C=O) groups excluding carboxylic acids is 1. The van der Waals surface area contributed by atoms with Gasteiger partial charge in [0.05, 0.1) is 4.92 Å². The maximum atomic E-state index is 12.5. The Morgan fingerprint density at radius 3 is 2.50 bits per heavy atom. The van der Waals surface area contributed by atoms with Crippen LogP contribution < -0.4 is 5.32 Å². The van der Waals surface area contributed by atoms with Crippen molar-refractivity contribution in [3.05, 3.63) is 69.8 Å². The Kier molecular flexibility index (Phi) is 5.51. The summed E-state index contributed by atoms with van der Waals surface area (Å²) >= 11 is 0. The molecule has 0 radical (unpaired) electrons. The molecule has 0 saturated carbocycles. The van der Waals surface area contributed by atoms with Crippen molar-refractivity contribution >= 4 is 17.3 Å². The summed E-state index contributed by atoms with van der Waals surface area (Å²) in [5.41, 5.74) is 2.65. The van der Waals surface area contributed by atoms with Crippen molar-refractivity contribution in [2.24, 2.45) is 5.92 Å². The number of rotatable bonds is 5. The molecule has 1 saturated heterocycles. The SMILES string of the molecule is Cc1cc([N+](=O)[O-])ccc1NCC1CCN(C(=O)c2ccccc2)CC1. The van der Waals surface area contributed by atoms with Gasteiger partial charge in [0, 0.05) is 43.0 Å². The fourth-order valence-electron chi connectivity index (χ4n) is 3.32. The van der Waals surface area contributed by atoms with E-state index in [-0.39, 0.29) is 16.5 Å². The Balaban J connectivity index is 1.50. The number of aryl methyl sites for hydroxylation is 1. The van der Waals surface area contributed by atoms with Crippen LogP contribution in [0, 0.1) is 23.0 Å². The van der Waals surface area contributed by atoms with Gasteiger partial charge in [-0.25, -0.2) is 0 Å². The zero-order chi connectivity index (χ0) is 18.5. The van der Waals surface area contributed by atoms with Gasteiger partial charge in [0.1, 0.15) is 0 Å². The van der Waals surface area contributed by atoms with Gasteiger partial charge in [-0.1, -0.05) is 18.2 Å². The Bertz CT molecular complexity index is 784. The van der Waals surface area contributed by atoms with Crippen LogP contribution in [-0.2, 0) is 0 Å². The van der Waals surface area contributed by atoms with Crippen molar-refractivity contribution < 1.29 is 9.72 Å². The number of nitro groups is 1. The molecule has 1 amide bonds. The highest BCUT2D eigenvalue weighted by Gasteiger charge is 2.23. The van der Waals surface area contributed by atoms with Gasteiger partial charge in [0.15, 0.2) is 0 Å². The van der Waals surface area contributed by atoms with E-state index in [9.17, 15) is 14.9 Å². The minimum atomic E-state index is -0.379. The number of hydrogen-bond acceptors (Lipinski definition) is 4.